The number of carbonyl (C=O) groups is 1. The summed E-state index contributed by atoms with van der Waals surface area (Å²) in [6, 6.07) is 15.0. The average Bonchev–Trinajstić information content (AvgIpc) is 2.63. The van der Waals surface area contributed by atoms with Crippen LogP contribution < -0.4 is 4.74 Å². The number of aliphatic hydroxyl groups is 1. The van der Waals surface area contributed by atoms with Crippen LogP contribution in [-0.4, -0.2) is 24.1 Å². The fourth-order valence-corrected chi connectivity index (χ4v) is 1.91. The number of unbranched alkanes of at least 4 members (excludes halogenated alkanes) is 1. The highest BCUT2D eigenvalue weighted by molar-refractivity contribution is 6.09. The highest BCUT2D eigenvalue weighted by atomic mass is 16.5. The molecule has 0 amide bonds. The monoisotopic (exact) mass is 328 g/mol. The Kier molecular flexibility index (Phi) is 9.47. The van der Waals surface area contributed by atoms with Crippen molar-refractivity contribution in [3.63, 3.8) is 0 Å². The molecule has 0 fully saturated rings. The summed E-state index contributed by atoms with van der Waals surface area (Å²) in [7, 11) is 0. The summed E-state index contributed by atoms with van der Waals surface area (Å²) in [5.74, 6) is 0.865. The summed E-state index contributed by atoms with van der Waals surface area (Å²) in [6.45, 7) is 7.12. The Hall–Kier alpha value is -2.13. The standard InChI is InChI=1S/C18H20O2.C3H8O/c1-3-4-13-20-17-11-9-16(10-12-17)18(19)15-7-5-14(2)6-8-15;1-2-3-4/h5-12H,3-4,13H2,1-2H3;4H,2-3H2,1H3. The summed E-state index contributed by atoms with van der Waals surface area (Å²) >= 11 is 0. The SMILES string of the molecule is CCCCOc1ccc(C(=O)c2ccc(C)cc2)cc1.CCCO. The number of ketones is 1. The predicted octanol–water partition coefficient (Wildman–Crippen LogP) is 4.79. The zero-order valence-corrected chi connectivity index (χ0v) is 14.9. The van der Waals surface area contributed by atoms with Gasteiger partial charge in [0.15, 0.2) is 5.78 Å². The normalized spacial score (nSPS) is 9.83. The van der Waals surface area contributed by atoms with E-state index in [1.54, 1.807) is 0 Å². The third kappa shape index (κ3) is 6.97. The fraction of sp³-hybridized carbons (Fsp3) is 0.381. The third-order valence-electron chi connectivity index (χ3n) is 3.42. The van der Waals surface area contributed by atoms with Crippen LogP contribution in [0.4, 0.5) is 0 Å². The summed E-state index contributed by atoms with van der Waals surface area (Å²) in [6.07, 6.45) is 3.04. The summed E-state index contributed by atoms with van der Waals surface area (Å²) < 4.78 is 5.59. The first-order valence-corrected chi connectivity index (χ1v) is 8.57. The molecule has 0 heterocycles. The number of aliphatic hydroxyl groups excluding tert-OH is 1. The Morgan fingerprint density at radius 2 is 1.42 bits per heavy atom. The smallest absolute Gasteiger partial charge is 0.193 e. The van der Waals surface area contributed by atoms with E-state index in [-0.39, 0.29) is 5.78 Å². The van der Waals surface area contributed by atoms with Gasteiger partial charge in [0.05, 0.1) is 6.61 Å². The molecule has 0 saturated carbocycles. The van der Waals surface area contributed by atoms with Crippen molar-refractivity contribution in [2.75, 3.05) is 13.2 Å². The summed E-state index contributed by atoms with van der Waals surface area (Å²) in [5, 5.41) is 7.88. The van der Waals surface area contributed by atoms with E-state index >= 15 is 0 Å². The van der Waals surface area contributed by atoms with E-state index in [4.69, 9.17) is 9.84 Å². The second-order valence-electron chi connectivity index (χ2n) is 5.65. The molecule has 0 aliphatic heterocycles. The van der Waals surface area contributed by atoms with Gasteiger partial charge < -0.3 is 9.84 Å². The van der Waals surface area contributed by atoms with Crippen LogP contribution in [0.5, 0.6) is 5.75 Å². The lowest BCUT2D eigenvalue weighted by molar-refractivity contribution is 0.103. The molecule has 3 heteroatoms. The van der Waals surface area contributed by atoms with Crippen molar-refractivity contribution in [2.45, 2.75) is 40.0 Å². The maximum Gasteiger partial charge on any atom is 0.193 e. The van der Waals surface area contributed by atoms with Crippen LogP contribution in [-0.2, 0) is 0 Å². The molecule has 1 N–H and O–H groups in total. The predicted molar refractivity (Wildman–Crippen MR) is 98.8 cm³/mol. The molecule has 2 aromatic rings. The molecule has 0 aliphatic rings. The van der Waals surface area contributed by atoms with E-state index in [2.05, 4.69) is 6.92 Å². The van der Waals surface area contributed by atoms with E-state index in [1.807, 2.05) is 62.4 Å². The summed E-state index contributed by atoms with van der Waals surface area (Å²) in [5.41, 5.74) is 2.56. The molecular weight excluding hydrogens is 300 g/mol. The number of hydrogen-bond acceptors (Lipinski definition) is 3. The molecular formula is C21H28O3. The number of ether oxygens (including phenoxy) is 1. The molecule has 2 aromatic carbocycles. The van der Waals surface area contributed by atoms with Crippen molar-refractivity contribution < 1.29 is 14.6 Å². The van der Waals surface area contributed by atoms with Gasteiger partial charge in [-0.15, -0.1) is 0 Å². The van der Waals surface area contributed by atoms with E-state index in [1.165, 1.54) is 0 Å². The van der Waals surface area contributed by atoms with Crippen molar-refractivity contribution in [3.05, 3.63) is 65.2 Å². The fourth-order valence-electron chi connectivity index (χ4n) is 1.91. The molecule has 0 unspecified atom stereocenters. The van der Waals surface area contributed by atoms with Gasteiger partial charge in [-0.2, -0.15) is 0 Å². The Morgan fingerprint density at radius 1 is 0.917 bits per heavy atom. The second-order valence-corrected chi connectivity index (χ2v) is 5.65. The Balaban J connectivity index is 0.000000648. The van der Waals surface area contributed by atoms with Gasteiger partial charge in [0, 0.05) is 17.7 Å². The van der Waals surface area contributed by atoms with Gasteiger partial charge in [-0.25, -0.2) is 0 Å². The van der Waals surface area contributed by atoms with Crippen molar-refractivity contribution in [3.8, 4) is 5.75 Å². The van der Waals surface area contributed by atoms with Gasteiger partial charge in [0.1, 0.15) is 5.75 Å². The molecule has 0 atom stereocenters. The van der Waals surface area contributed by atoms with Crippen LogP contribution in [0.25, 0.3) is 0 Å². The first-order chi connectivity index (χ1) is 11.6. The van der Waals surface area contributed by atoms with E-state index in [0.717, 1.165) is 42.7 Å². The van der Waals surface area contributed by atoms with Gasteiger partial charge in [-0.05, 0) is 44.0 Å². The zero-order chi connectivity index (χ0) is 17.8. The highest BCUT2D eigenvalue weighted by Gasteiger charge is 2.08. The van der Waals surface area contributed by atoms with E-state index in [0.29, 0.717) is 12.2 Å². The number of aryl methyl sites for hydroxylation is 1. The minimum Gasteiger partial charge on any atom is -0.494 e. The first-order valence-electron chi connectivity index (χ1n) is 8.57. The maximum atomic E-state index is 12.3. The first kappa shape index (κ1) is 19.9. The van der Waals surface area contributed by atoms with E-state index in [9.17, 15) is 4.79 Å². The van der Waals surface area contributed by atoms with Gasteiger partial charge in [-0.3, -0.25) is 4.79 Å². The van der Waals surface area contributed by atoms with Gasteiger partial charge in [-0.1, -0.05) is 50.1 Å². The van der Waals surface area contributed by atoms with Crippen LogP contribution in [0.2, 0.25) is 0 Å². The topological polar surface area (TPSA) is 46.5 Å². The number of rotatable bonds is 7. The number of carbonyl (C=O) groups excluding carboxylic acids is 1. The molecule has 0 aromatic heterocycles. The lowest BCUT2D eigenvalue weighted by Crippen LogP contribution is -2.02. The third-order valence-corrected chi connectivity index (χ3v) is 3.42. The molecule has 0 bridgehead atoms. The van der Waals surface area contributed by atoms with Gasteiger partial charge >= 0.3 is 0 Å². The Bertz CT molecular complexity index is 583. The molecule has 0 spiro atoms. The van der Waals surface area contributed by atoms with Crippen LogP contribution in [0, 0.1) is 6.92 Å². The molecule has 130 valence electrons. The van der Waals surface area contributed by atoms with Crippen molar-refractivity contribution in [2.24, 2.45) is 0 Å². The molecule has 2 rings (SSSR count). The molecule has 0 radical (unpaired) electrons. The number of hydrogen-bond donors (Lipinski definition) is 1. The van der Waals surface area contributed by atoms with Gasteiger partial charge in [0.2, 0.25) is 0 Å². The lowest BCUT2D eigenvalue weighted by atomic mass is 10.0. The Morgan fingerprint density at radius 3 is 1.88 bits per heavy atom. The van der Waals surface area contributed by atoms with E-state index < -0.39 is 0 Å². The molecule has 0 aliphatic carbocycles. The quantitative estimate of drug-likeness (QED) is 0.587. The number of benzene rings is 2. The van der Waals surface area contributed by atoms with Crippen molar-refractivity contribution in [1.29, 1.82) is 0 Å². The van der Waals surface area contributed by atoms with Crippen LogP contribution in [0.1, 0.15) is 54.6 Å². The zero-order valence-electron chi connectivity index (χ0n) is 14.9. The van der Waals surface area contributed by atoms with Crippen LogP contribution in [0.3, 0.4) is 0 Å². The lowest BCUT2D eigenvalue weighted by Gasteiger charge is -2.06. The van der Waals surface area contributed by atoms with Gasteiger partial charge in [0.25, 0.3) is 0 Å². The minimum atomic E-state index is 0.0464. The maximum absolute atomic E-state index is 12.3. The average molecular weight is 328 g/mol. The van der Waals surface area contributed by atoms with Crippen LogP contribution in [0.15, 0.2) is 48.5 Å². The molecule has 3 nitrogen and oxygen atoms in total. The minimum absolute atomic E-state index is 0.0464. The Labute approximate surface area is 145 Å². The largest absolute Gasteiger partial charge is 0.494 e. The van der Waals surface area contributed by atoms with Crippen molar-refractivity contribution in [1.82, 2.24) is 0 Å². The molecule has 24 heavy (non-hydrogen) atoms. The highest BCUT2D eigenvalue weighted by Crippen LogP contribution is 2.16. The summed E-state index contributed by atoms with van der Waals surface area (Å²) in [4.78, 5) is 12.3. The second kappa shape index (κ2) is 11.4. The van der Waals surface area contributed by atoms with Crippen molar-refractivity contribution >= 4 is 5.78 Å². The molecule has 0 saturated heterocycles. The van der Waals surface area contributed by atoms with Crippen LogP contribution >= 0.6 is 0 Å².